The van der Waals surface area contributed by atoms with Crippen molar-refractivity contribution in [2.45, 2.75) is 52.1 Å². The van der Waals surface area contributed by atoms with Gasteiger partial charge in [-0.1, -0.05) is 25.5 Å². The van der Waals surface area contributed by atoms with Gasteiger partial charge in [-0.15, -0.1) is 0 Å². The fraction of sp³-hybridized carbons (Fsp3) is 0.379. The molecule has 2 aromatic rings. The Bertz CT molecular complexity index is 1340. The van der Waals surface area contributed by atoms with E-state index in [1.807, 2.05) is 24.3 Å². The number of methoxy groups -OCH3 is 1. The van der Waals surface area contributed by atoms with Crippen LogP contribution in [0.25, 0.3) is 0 Å². The van der Waals surface area contributed by atoms with Crippen LogP contribution in [0.5, 0.6) is 11.5 Å². The number of nitriles is 1. The van der Waals surface area contributed by atoms with Crippen LogP contribution in [0.2, 0.25) is 0 Å². The maximum atomic E-state index is 13.3. The molecule has 0 bridgehead atoms. The number of ketones is 1. The summed E-state index contributed by atoms with van der Waals surface area (Å²) in [6.07, 6.45) is 3.04. The molecule has 0 amide bonds. The van der Waals surface area contributed by atoms with E-state index in [9.17, 15) is 20.0 Å². The average molecular weight is 565 g/mol. The number of carboxylic acids is 1. The molecule has 37 heavy (non-hydrogen) atoms. The van der Waals surface area contributed by atoms with Crippen LogP contribution in [0.3, 0.4) is 0 Å². The number of aromatic carboxylic acids is 1. The maximum absolute atomic E-state index is 13.3. The number of ether oxygens (including phenoxy) is 2. The predicted octanol–water partition coefficient (Wildman–Crippen LogP) is 6.47. The van der Waals surface area contributed by atoms with E-state index in [0.29, 0.717) is 39.9 Å². The minimum absolute atomic E-state index is 0.00690. The number of aliphatic imine (C=N–C) groups is 1. The molecule has 2 aromatic carbocycles. The lowest BCUT2D eigenvalue weighted by atomic mass is 9.70. The van der Waals surface area contributed by atoms with Gasteiger partial charge in [-0.25, -0.2) is 4.79 Å². The van der Waals surface area contributed by atoms with Gasteiger partial charge in [-0.05, 0) is 77.0 Å². The van der Waals surface area contributed by atoms with Crippen LogP contribution in [0.1, 0.15) is 66.9 Å². The Labute approximate surface area is 224 Å². The summed E-state index contributed by atoms with van der Waals surface area (Å²) < 4.78 is 11.6. The van der Waals surface area contributed by atoms with Crippen molar-refractivity contribution in [3.8, 4) is 17.6 Å². The van der Waals surface area contributed by atoms with E-state index >= 15 is 0 Å². The number of carbonyl (C=O) groups is 2. The van der Waals surface area contributed by atoms with E-state index in [0.717, 1.165) is 24.1 Å². The minimum Gasteiger partial charge on any atom is -0.497 e. The van der Waals surface area contributed by atoms with Crippen molar-refractivity contribution in [1.82, 2.24) is 0 Å². The summed E-state index contributed by atoms with van der Waals surface area (Å²) in [5.41, 5.74) is 3.27. The van der Waals surface area contributed by atoms with E-state index in [1.54, 1.807) is 20.1 Å². The Hall–Kier alpha value is -3.44. The molecule has 4 rings (SSSR count). The average Bonchev–Trinajstić information content (AvgIpc) is 2.87. The van der Waals surface area contributed by atoms with Crippen molar-refractivity contribution in [2.24, 2.45) is 16.8 Å². The summed E-state index contributed by atoms with van der Waals surface area (Å²) in [5, 5.41) is 20.1. The summed E-state index contributed by atoms with van der Waals surface area (Å²) in [5.74, 6) is -1.33. The zero-order valence-electron chi connectivity index (χ0n) is 21.1. The second-order valence-electron chi connectivity index (χ2n) is 9.51. The molecule has 0 radical (unpaired) electrons. The largest absolute Gasteiger partial charge is 0.497 e. The normalized spacial score (nSPS) is 21.1. The van der Waals surface area contributed by atoms with Crippen molar-refractivity contribution in [3.63, 3.8) is 0 Å². The first-order chi connectivity index (χ1) is 17.8. The minimum atomic E-state index is -1.16. The van der Waals surface area contributed by atoms with Gasteiger partial charge in [0.15, 0.2) is 5.78 Å². The molecule has 7 nitrogen and oxygen atoms in total. The summed E-state index contributed by atoms with van der Waals surface area (Å²) in [6, 6.07) is 12.9. The van der Waals surface area contributed by atoms with Crippen LogP contribution in [-0.4, -0.2) is 29.7 Å². The predicted molar refractivity (Wildman–Crippen MR) is 143 cm³/mol. The first kappa shape index (κ1) is 26.6. The van der Waals surface area contributed by atoms with Crippen molar-refractivity contribution in [3.05, 3.63) is 68.8 Å². The number of rotatable bonds is 8. The lowest BCUT2D eigenvalue weighted by molar-refractivity contribution is -0.117. The number of carbonyl (C=O) groups excluding carboxylic acids is 1. The zero-order valence-corrected chi connectivity index (χ0v) is 22.7. The smallest absolute Gasteiger partial charge is 0.339 e. The van der Waals surface area contributed by atoms with Gasteiger partial charge in [0.05, 0.1) is 23.6 Å². The number of Topliss-reactive ketones (excluding diaryl/α,β-unsaturated/α-hetero) is 1. The van der Waals surface area contributed by atoms with Gasteiger partial charge in [-0.2, -0.15) is 5.26 Å². The lowest BCUT2D eigenvalue weighted by Gasteiger charge is -2.35. The van der Waals surface area contributed by atoms with Crippen LogP contribution >= 0.6 is 15.9 Å². The Morgan fingerprint density at radius 2 is 2.05 bits per heavy atom. The van der Waals surface area contributed by atoms with Gasteiger partial charge in [0.2, 0.25) is 0 Å². The third-order valence-corrected chi connectivity index (χ3v) is 7.57. The second kappa shape index (κ2) is 11.3. The molecule has 2 aliphatic rings. The Kier molecular flexibility index (Phi) is 8.13. The molecule has 3 unspecified atom stereocenters. The number of carboxylic acid groups (broad SMARTS) is 1. The number of nitrogens with zero attached hydrogens (tertiary/aromatic N) is 2. The Morgan fingerprint density at radius 1 is 1.27 bits per heavy atom. The van der Waals surface area contributed by atoms with Crippen molar-refractivity contribution in [1.29, 1.82) is 5.26 Å². The molecule has 0 saturated heterocycles. The Morgan fingerprint density at radius 3 is 2.73 bits per heavy atom. The van der Waals surface area contributed by atoms with E-state index in [2.05, 4.69) is 33.9 Å². The highest BCUT2D eigenvalue weighted by Gasteiger charge is 2.41. The molecule has 0 saturated carbocycles. The fourth-order valence-corrected chi connectivity index (χ4v) is 5.89. The van der Waals surface area contributed by atoms with Crippen molar-refractivity contribution in [2.75, 3.05) is 7.11 Å². The summed E-state index contributed by atoms with van der Waals surface area (Å²) in [6.45, 7) is 4.04. The monoisotopic (exact) mass is 564 g/mol. The number of halogens is 1. The number of allylic oxidation sites excluding steroid dienone is 2. The van der Waals surface area contributed by atoms with Gasteiger partial charge in [0, 0.05) is 29.3 Å². The van der Waals surface area contributed by atoms with Gasteiger partial charge < -0.3 is 14.6 Å². The van der Waals surface area contributed by atoms with Gasteiger partial charge in [-0.3, -0.25) is 9.79 Å². The van der Waals surface area contributed by atoms with Gasteiger partial charge in [0.1, 0.15) is 23.7 Å². The van der Waals surface area contributed by atoms with Gasteiger partial charge >= 0.3 is 5.97 Å². The van der Waals surface area contributed by atoms with E-state index < -0.39 is 17.8 Å². The first-order valence-corrected chi connectivity index (χ1v) is 13.1. The summed E-state index contributed by atoms with van der Waals surface area (Å²) >= 11 is 3.50. The molecular weight excluding hydrogens is 536 g/mol. The molecule has 1 aliphatic heterocycles. The molecule has 1 aliphatic carbocycles. The Balaban J connectivity index is 1.74. The maximum Gasteiger partial charge on any atom is 0.339 e. The molecule has 0 fully saturated rings. The highest BCUT2D eigenvalue weighted by molar-refractivity contribution is 9.10. The van der Waals surface area contributed by atoms with E-state index in [-0.39, 0.29) is 29.6 Å². The topological polar surface area (TPSA) is 109 Å². The lowest BCUT2D eigenvalue weighted by Crippen LogP contribution is -2.33. The van der Waals surface area contributed by atoms with E-state index in [4.69, 9.17) is 9.47 Å². The molecule has 0 aromatic heterocycles. The van der Waals surface area contributed by atoms with Crippen molar-refractivity contribution < 1.29 is 24.2 Å². The molecule has 192 valence electrons. The molecule has 3 atom stereocenters. The van der Waals surface area contributed by atoms with Crippen LogP contribution < -0.4 is 9.47 Å². The fourth-order valence-electron chi connectivity index (χ4n) is 5.29. The third kappa shape index (κ3) is 5.47. The molecule has 0 spiro atoms. The summed E-state index contributed by atoms with van der Waals surface area (Å²) in [4.78, 5) is 30.3. The number of hydrogen-bond donors (Lipinski definition) is 1. The molecule has 8 heteroatoms. The molecular formula is C29H29BrN2O5. The highest BCUT2D eigenvalue weighted by Crippen LogP contribution is 2.46. The van der Waals surface area contributed by atoms with E-state index in [1.165, 1.54) is 6.07 Å². The molecule has 1 heterocycles. The number of benzene rings is 2. The summed E-state index contributed by atoms with van der Waals surface area (Å²) in [7, 11) is 1.58. The van der Waals surface area contributed by atoms with Crippen LogP contribution in [0.15, 0.2) is 57.1 Å². The second-order valence-corrected chi connectivity index (χ2v) is 10.4. The van der Waals surface area contributed by atoms with Crippen molar-refractivity contribution >= 4 is 33.4 Å². The third-order valence-electron chi connectivity index (χ3n) is 6.98. The number of hydrogen-bond acceptors (Lipinski definition) is 6. The SMILES string of the molecule is CCCC1CC(=O)C2=C(C1)N=C(C)C(C#N)C2c1cc(Br)c(OCc2cccc(OC)c2)c(C(=O)O)c1. The molecule has 1 N–H and O–H groups in total. The quantitative estimate of drug-likeness (QED) is 0.393. The zero-order chi connectivity index (χ0) is 26.7. The highest BCUT2D eigenvalue weighted by atomic mass is 79.9. The van der Waals surface area contributed by atoms with Gasteiger partial charge in [0.25, 0.3) is 0 Å². The van der Waals surface area contributed by atoms with Crippen LogP contribution in [0.4, 0.5) is 0 Å². The standard InChI is InChI=1S/C29H29BrN2O5/c1-4-6-17-10-24-27(25(33)11-17)26(22(14-31)16(2)32-24)19-12-21(29(34)35)28(23(30)13-19)37-15-18-7-5-8-20(9-18)36-3/h5,7-9,12-13,17,22,26H,4,6,10-11,15H2,1-3H3,(H,34,35). The van der Waals surface area contributed by atoms with Crippen LogP contribution in [0, 0.1) is 23.2 Å². The van der Waals surface area contributed by atoms with Crippen LogP contribution in [-0.2, 0) is 11.4 Å². The first-order valence-electron chi connectivity index (χ1n) is 12.3.